The van der Waals surface area contributed by atoms with E-state index in [-0.39, 0.29) is 17.2 Å². The number of hydrogen-bond acceptors (Lipinski definition) is 4. The molecule has 2 heterocycles. The predicted octanol–water partition coefficient (Wildman–Crippen LogP) is 3.63. The summed E-state index contributed by atoms with van der Waals surface area (Å²) in [6.07, 6.45) is 1.70. The van der Waals surface area contributed by atoms with Crippen molar-refractivity contribution < 1.29 is 4.79 Å². The van der Waals surface area contributed by atoms with E-state index in [1.165, 1.54) is 17.8 Å². The van der Waals surface area contributed by atoms with Gasteiger partial charge in [-0.25, -0.2) is 4.98 Å². The molecule has 2 aromatic heterocycles. The first-order valence-corrected chi connectivity index (χ1v) is 8.95. The van der Waals surface area contributed by atoms with Crippen molar-refractivity contribution in [3.8, 4) is 0 Å². The highest BCUT2D eigenvalue weighted by molar-refractivity contribution is 8.00. The summed E-state index contributed by atoms with van der Waals surface area (Å²) >= 11 is 7.34. The fourth-order valence-electron chi connectivity index (χ4n) is 2.38. The van der Waals surface area contributed by atoms with Gasteiger partial charge in [-0.1, -0.05) is 23.7 Å². The number of rotatable bonds is 4. The van der Waals surface area contributed by atoms with Gasteiger partial charge < -0.3 is 9.88 Å². The molecule has 3 rings (SSSR count). The van der Waals surface area contributed by atoms with Gasteiger partial charge in [0, 0.05) is 34.6 Å². The van der Waals surface area contributed by atoms with Crippen molar-refractivity contribution in [2.45, 2.75) is 11.8 Å². The molecule has 0 atom stereocenters. The zero-order valence-corrected chi connectivity index (χ0v) is 15.3. The fourth-order valence-corrected chi connectivity index (χ4v) is 3.42. The molecule has 0 saturated carbocycles. The number of nitrogens with zero attached hydrogens (tertiary/aromatic N) is 2. The number of aryl methyl sites for hydroxylation is 2. The Kier molecular flexibility index (Phi) is 5.11. The van der Waals surface area contributed by atoms with Crippen LogP contribution in [0.2, 0.25) is 5.02 Å². The first-order chi connectivity index (χ1) is 11.9. The molecular weight excluding hydrogens is 358 g/mol. The van der Waals surface area contributed by atoms with E-state index >= 15 is 0 Å². The fraction of sp³-hybridized carbons (Fsp3) is 0.167. The summed E-state index contributed by atoms with van der Waals surface area (Å²) in [6.45, 7) is 1.93. The van der Waals surface area contributed by atoms with Gasteiger partial charge in [0.1, 0.15) is 5.82 Å². The molecule has 0 unspecified atom stereocenters. The van der Waals surface area contributed by atoms with Crippen molar-refractivity contribution in [2.24, 2.45) is 7.05 Å². The Labute approximate surface area is 154 Å². The summed E-state index contributed by atoms with van der Waals surface area (Å²) in [5.41, 5.74) is 1.62. The molecule has 1 aromatic carbocycles. The summed E-state index contributed by atoms with van der Waals surface area (Å²) in [5, 5.41) is 4.20. The van der Waals surface area contributed by atoms with Crippen LogP contribution in [-0.4, -0.2) is 21.2 Å². The number of benzene rings is 1. The summed E-state index contributed by atoms with van der Waals surface area (Å²) in [4.78, 5) is 29.2. The average Bonchev–Trinajstić information content (AvgIpc) is 2.59. The minimum atomic E-state index is -0.177. The molecule has 3 aromatic rings. The molecule has 5 nitrogen and oxygen atoms in total. The number of thioether (sulfide) groups is 1. The minimum Gasteiger partial charge on any atom is -0.311 e. The molecule has 0 aliphatic heterocycles. The number of amides is 1. The molecular formula is C18H16ClN3O2S. The molecule has 0 radical (unpaired) electrons. The van der Waals surface area contributed by atoms with Crippen LogP contribution in [0, 0.1) is 6.92 Å². The van der Waals surface area contributed by atoms with Gasteiger partial charge >= 0.3 is 0 Å². The zero-order valence-electron chi connectivity index (χ0n) is 13.7. The minimum absolute atomic E-state index is 0.141. The zero-order chi connectivity index (χ0) is 18.0. The average molecular weight is 374 g/mol. The molecule has 1 N–H and O–H groups in total. The van der Waals surface area contributed by atoms with Crippen LogP contribution in [0.5, 0.6) is 0 Å². The van der Waals surface area contributed by atoms with Crippen LogP contribution < -0.4 is 10.9 Å². The van der Waals surface area contributed by atoms with Gasteiger partial charge in [0.15, 0.2) is 0 Å². The van der Waals surface area contributed by atoms with E-state index in [1.54, 1.807) is 36.0 Å². The number of aromatic nitrogens is 2. The van der Waals surface area contributed by atoms with Gasteiger partial charge in [-0.15, -0.1) is 11.8 Å². The van der Waals surface area contributed by atoms with E-state index in [1.807, 2.05) is 19.1 Å². The maximum atomic E-state index is 12.1. The molecule has 25 heavy (non-hydrogen) atoms. The number of carbonyl (C=O) groups excluding carboxylic acids is 1. The summed E-state index contributed by atoms with van der Waals surface area (Å²) < 4.78 is 1.54. The van der Waals surface area contributed by atoms with Crippen LogP contribution in [0.3, 0.4) is 0 Å². The van der Waals surface area contributed by atoms with Crippen LogP contribution in [0.15, 0.2) is 52.3 Å². The van der Waals surface area contributed by atoms with Gasteiger partial charge in [0.05, 0.1) is 11.3 Å². The molecule has 0 aliphatic carbocycles. The second-order valence-electron chi connectivity index (χ2n) is 5.62. The van der Waals surface area contributed by atoms with Gasteiger partial charge in [0.2, 0.25) is 5.91 Å². The standard InChI is InChI=1S/C18H16ClN3O2S/c1-11-3-6-16(20-9-11)21-17(23)10-25-15-8-18(24)22(2)14-7-12(19)4-5-13(14)15/h3-9H,10H2,1-2H3,(H,20,21,23). The Morgan fingerprint density at radius 3 is 2.80 bits per heavy atom. The maximum absolute atomic E-state index is 12.1. The maximum Gasteiger partial charge on any atom is 0.251 e. The second-order valence-corrected chi connectivity index (χ2v) is 7.08. The highest BCUT2D eigenvalue weighted by atomic mass is 35.5. The third-order valence-electron chi connectivity index (χ3n) is 3.71. The lowest BCUT2D eigenvalue weighted by Crippen LogP contribution is -2.17. The lowest BCUT2D eigenvalue weighted by Gasteiger charge is -2.10. The SMILES string of the molecule is Cc1ccc(NC(=O)CSc2cc(=O)n(C)c3cc(Cl)ccc23)nc1. The number of pyridine rings is 2. The number of anilines is 1. The van der Waals surface area contributed by atoms with E-state index in [4.69, 9.17) is 11.6 Å². The topological polar surface area (TPSA) is 64.0 Å². The van der Waals surface area contributed by atoms with Crippen molar-refractivity contribution >= 4 is 46.0 Å². The van der Waals surface area contributed by atoms with E-state index in [0.29, 0.717) is 10.8 Å². The van der Waals surface area contributed by atoms with Gasteiger partial charge in [0.25, 0.3) is 5.56 Å². The molecule has 0 fully saturated rings. The first kappa shape index (κ1) is 17.5. The number of hydrogen-bond donors (Lipinski definition) is 1. The van der Waals surface area contributed by atoms with Crippen molar-refractivity contribution in [3.63, 3.8) is 0 Å². The first-order valence-electron chi connectivity index (χ1n) is 7.58. The third kappa shape index (κ3) is 4.03. The third-order valence-corrected chi connectivity index (χ3v) is 5.00. The van der Waals surface area contributed by atoms with Crippen molar-refractivity contribution in [1.29, 1.82) is 0 Å². The molecule has 0 spiro atoms. The number of halogens is 1. The predicted molar refractivity (Wildman–Crippen MR) is 103 cm³/mol. The van der Waals surface area contributed by atoms with E-state index in [9.17, 15) is 9.59 Å². The Morgan fingerprint density at radius 1 is 1.28 bits per heavy atom. The van der Waals surface area contributed by atoms with Crippen LogP contribution in [0.1, 0.15) is 5.56 Å². The molecule has 0 saturated heterocycles. The normalized spacial score (nSPS) is 10.8. The molecule has 0 aliphatic rings. The second kappa shape index (κ2) is 7.29. The number of carbonyl (C=O) groups is 1. The quantitative estimate of drug-likeness (QED) is 0.709. The summed E-state index contributed by atoms with van der Waals surface area (Å²) in [7, 11) is 1.70. The lowest BCUT2D eigenvalue weighted by atomic mass is 10.2. The monoisotopic (exact) mass is 373 g/mol. The number of nitrogens with one attached hydrogen (secondary N) is 1. The van der Waals surface area contributed by atoms with Crippen molar-refractivity contribution in [3.05, 3.63) is 63.5 Å². The summed E-state index contributed by atoms with van der Waals surface area (Å²) in [6, 6.07) is 10.6. The van der Waals surface area contributed by atoms with E-state index < -0.39 is 0 Å². The van der Waals surface area contributed by atoms with Gasteiger partial charge in [-0.2, -0.15) is 0 Å². The van der Waals surface area contributed by atoms with Crippen molar-refractivity contribution in [2.75, 3.05) is 11.1 Å². The Balaban J connectivity index is 1.79. The Bertz CT molecular complexity index is 1000. The molecule has 1 amide bonds. The molecule has 128 valence electrons. The summed E-state index contributed by atoms with van der Waals surface area (Å²) in [5.74, 6) is 0.515. The Morgan fingerprint density at radius 2 is 2.08 bits per heavy atom. The largest absolute Gasteiger partial charge is 0.311 e. The highest BCUT2D eigenvalue weighted by Gasteiger charge is 2.10. The van der Waals surface area contributed by atoms with Crippen LogP contribution in [-0.2, 0) is 11.8 Å². The van der Waals surface area contributed by atoms with E-state index in [2.05, 4.69) is 10.3 Å². The smallest absolute Gasteiger partial charge is 0.251 e. The van der Waals surface area contributed by atoms with Crippen molar-refractivity contribution in [1.82, 2.24) is 9.55 Å². The van der Waals surface area contributed by atoms with Crippen LogP contribution in [0.4, 0.5) is 5.82 Å². The highest BCUT2D eigenvalue weighted by Crippen LogP contribution is 2.28. The van der Waals surface area contributed by atoms with Crippen LogP contribution in [0.25, 0.3) is 10.9 Å². The van der Waals surface area contributed by atoms with Crippen LogP contribution >= 0.6 is 23.4 Å². The van der Waals surface area contributed by atoms with Gasteiger partial charge in [-0.05, 0) is 30.7 Å². The van der Waals surface area contributed by atoms with Gasteiger partial charge in [-0.3, -0.25) is 9.59 Å². The lowest BCUT2D eigenvalue weighted by molar-refractivity contribution is -0.113. The molecule has 0 bridgehead atoms. The van der Waals surface area contributed by atoms with E-state index in [0.717, 1.165) is 21.4 Å². The molecule has 7 heteroatoms. The Hall–Kier alpha value is -2.31. The number of fused-ring (bicyclic) bond motifs is 1.